The molecule has 0 aromatic carbocycles. The highest BCUT2D eigenvalue weighted by molar-refractivity contribution is 5.38. The van der Waals surface area contributed by atoms with E-state index in [1.807, 2.05) is 11.9 Å². The lowest BCUT2D eigenvalue weighted by Gasteiger charge is -2.35. The van der Waals surface area contributed by atoms with Crippen molar-refractivity contribution in [3.05, 3.63) is 12.3 Å². The van der Waals surface area contributed by atoms with Crippen molar-refractivity contribution in [1.29, 1.82) is 0 Å². The average molecular weight is 222 g/mol. The molecule has 0 radical (unpaired) electrons. The van der Waals surface area contributed by atoms with E-state index in [-0.39, 0.29) is 12.1 Å². The lowest BCUT2D eigenvalue weighted by Crippen LogP contribution is -2.44. The number of aliphatic hydroxyl groups excluding tert-OH is 1. The Morgan fingerprint density at radius 2 is 2.19 bits per heavy atom. The third-order valence-corrected chi connectivity index (χ3v) is 3.17. The van der Waals surface area contributed by atoms with Crippen LogP contribution in [0.1, 0.15) is 25.7 Å². The minimum atomic E-state index is -0.288. The molecule has 1 aromatic heterocycles. The lowest BCUT2D eigenvalue weighted by molar-refractivity contribution is 0.105. The molecule has 1 saturated carbocycles. The van der Waals surface area contributed by atoms with Gasteiger partial charge in [-0.15, -0.1) is 0 Å². The molecular formula is C11H18N4O. The first-order chi connectivity index (χ1) is 7.68. The molecule has 1 fully saturated rings. The predicted octanol–water partition coefficient (Wildman–Crippen LogP) is 0.798. The largest absolute Gasteiger partial charge is 0.391 e. The maximum atomic E-state index is 9.94. The Bertz CT molecular complexity index is 358. The van der Waals surface area contributed by atoms with Gasteiger partial charge in [0, 0.05) is 13.2 Å². The van der Waals surface area contributed by atoms with Crippen molar-refractivity contribution in [1.82, 2.24) is 9.97 Å². The van der Waals surface area contributed by atoms with Crippen LogP contribution in [0.3, 0.4) is 0 Å². The van der Waals surface area contributed by atoms with Crippen LogP contribution in [0.25, 0.3) is 0 Å². The Labute approximate surface area is 95.3 Å². The molecule has 88 valence electrons. The van der Waals surface area contributed by atoms with Gasteiger partial charge in [-0.3, -0.25) is 0 Å². The Morgan fingerprint density at radius 3 is 2.88 bits per heavy atom. The third kappa shape index (κ3) is 2.24. The average Bonchev–Trinajstić information content (AvgIpc) is 2.29. The van der Waals surface area contributed by atoms with Gasteiger partial charge in [0.1, 0.15) is 5.82 Å². The first-order valence-corrected chi connectivity index (χ1v) is 5.68. The molecule has 0 saturated heterocycles. The minimum absolute atomic E-state index is 0.107. The zero-order valence-corrected chi connectivity index (χ0v) is 9.50. The number of hydrogen-bond donors (Lipinski definition) is 2. The van der Waals surface area contributed by atoms with Crippen LogP contribution in [0.5, 0.6) is 0 Å². The summed E-state index contributed by atoms with van der Waals surface area (Å²) in [5.41, 5.74) is 5.62. The molecular weight excluding hydrogens is 204 g/mol. The van der Waals surface area contributed by atoms with Gasteiger partial charge in [-0.25, -0.2) is 4.98 Å². The fourth-order valence-electron chi connectivity index (χ4n) is 2.22. The highest BCUT2D eigenvalue weighted by Gasteiger charge is 2.27. The van der Waals surface area contributed by atoms with Crippen LogP contribution < -0.4 is 10.6 Å². The molecule has 1 aromatic rings. The van der Waals surface area contributed by atoms with E-state index in [9.17, 15) is 5.11 Å². The van der Waals surface area contributed by atoms with E-state index in [2.05, 4.69) is 9.97 Å². The minimum Gasteiger partial charge on any atom is -0.391 e. The summed E-state index contributed by atoms with van der Waals surface area (Å²) in [6.07, 6.45) is 5.44. The first-order valence-electron chi connectivity index (χ1n) is 5.68. The molecule has 1 aliphatic carbocycles. The van der Waals surface area contributed by atoms with Crippen LogP contribution in [0.15, 0.2) is 12.3 Å². The topological polar surface area (TPSA) is 75.3 Å². The van der Waals surface area contributed by atoms with E-state index >= 15 is 0 Å². The number of nitrogens with zero attached hydrogens (tertiary/aromatic N) is 3. The molecule has 0 bridgehead atoms. The molecule has 0 amide bonds. The van der Waals surface area contributed by atoms with E-state index in [0.29, 0.717) is 11.8 Å². The number of aliphatic hydroxyl groups is 1. The van der Waals surface area contributed by atoms with Gasteiger partial charge in [-0.05, 0) is 18.9 Å². The fourth-order valence-corrected chi connectivity index (χ4v) is 2.22. The van der Waals surface area contributed by atoms with Crippen molar-refractivity contribution in [3.8, 4) is 0 Å². The Morgan fingerprint density at radius 1 is 1.44 bits per heavy atom. The standard InChI is InChI=1S/C11H18N4O/c1-15(8-4-2-3-5-9(8)16)11-13-7-6-10(12)14-11/h6-9,16H,2-5H2,1H3,(H2,12,13,14). The molecule has 16 heavy (non-hydrogen) atoms. The highest BCUT2D eigenvalue weighted by Crippen LogP contribution is 2.24. The van der Waals surface area contributed by atoms with Crippen molar-refractivity contribution in [3.63, 3.8) is 0 Å². The number of nitrogen functional groups attached to an aromatic ring is 1. The zero-order valence-electron chi connectivity index (χ0n) is 9.50. The summed E-state index contributed by atoms with van der Waals surface area (Å²) in [6.45, 7) is 0. The molecule has 0 spiro atoms. The Balaban J connectivity index is 2.14. The number of nitrogens with two attached hydrogens (primary N) is 1. The quantitative estimate of drug-likeness (QED) is 0.774. The molecule has 2 rings (SSSR count). The first kappa shape index (κ1) is 11.1. The van der Waals surface area contributed by atoms with Crippen LogP contribution in [0, 0.1) is 0 Å². The van der Waals surface area contributed by atoms with Crippen molar-refractivity contribution >= 4 is 11.8 Å². The number of hydrogen-bond acceptors (Lipinski definition) is 5. The lowest BCUT2D eigenvalue weighted by atomic mass is 9.92. The second-order valence-electron chi connectivity index (χ2n) is 4.31. The van der Waals surface area contributed by atoms with Gasteiger partial charge in [0.2, 0.25) is 5.95 Å². The van der Waals surface area contributed by atoms with E-state index in [1.54, 1.807) is 12.3 Å². The van der Waals surface area contributed by atoms with E-state index in [0.717, 1.165) is 25.7 Å². The monoisotopic (exact) mass is 222 g/mol. The van der Waals surface area contributed by atoms with Gasteiger partial charge in [0.25, 0.3) is 0 Å². The summed E-state index contributed by atoms with van der Waals surface area (Å²) in [4.78, 5) is 10.3. The smallest absolute Gasteiger partial charge is 0.227 e. The van der Waals surface area contributed by atoms with Crippen molar-refractivity contribution in [2.24, 2.45) is 0 Å². The van der Waals surface area contributed by atoms with Gasteiger partial charge in [-0.1, -0.05) is 12.8 Å². The van der Waals surface area contributed by atoms with Crippen molar-refractivity contribution in [2.45, 2.75) is 37.8 Å². The van der Waals surface area contributed by atoms with Crippen molar-refractivity contribution in [2.75, 3.05) is 17.7 Å². The Kier molecular flexibility index (Phi) is 3.24. The summed E-state index contributed by atoms with van der Waals surface area (Å²) in [6, 6.07) is 1.77. The fraction of sp³-hybridized carbons (Fsp3) is 0.636. The van der Waals surface area contributed by atoms with Crippen LogP contribution in [0.2, 0.25) is 0 Å². The normalized spacial score (nSPS) is 25.4. The molecule has 3 N–H and O–H groups in total. The van der Waals surface area contributed by atoms with Crippen molar-refractivity contribution < 1.29 is 5.11 Å². The number of anilines is 2. The number of rotatable bonds is 2. The summed E-state index contributed by atoms with van der Waals surface area (Å²) < 4.78 is 0. The number of likely N-dealkylation sites (N-methyl/N-ethyl adjacent to an activating group) is 1. The molecule has 5 nitrogen and oxygen atoms in total. The van der Waals surface area contributed by atoms with Gasteiger partial charge in [-0.2, -0.15) is 4.98 Å². The third-order valence-electron chi connectivity index (χ3n) is 3.17. The second-order valence-corrected chi connectivity index (χ2v) is 4.31. The molecule has 0 aliphatic heterocycles. The number of aromatic nitrogens is 2. The van der Waals surface area contributed by atoms with Crippen LogP contribution in [-0.2, 0) is 0 Å². The summed E-state index contributed by atoms with van der Waals surface area (Å²) in [7, 11) is 1.91. The molecule has 1 aliphatic rings. The van der Waals surface area contributed by atoms with E-state index in [4.69, 9.17) is 5.73 Å². The van der Waals surface area contributed by atoms with Gasteiger partial charge < -0.3 is 15.7 Å². The summed E-state index contributed by atoms with van der Waals surface area (Å²) in [5, 5.41) is 9.94. The zero-order chi connectivity index (χ0) is 11.5. The Hall–Kier alpha value is -1.36. The van der Waals surface area contributed by atoms with E-state index < -0.39 is 0 Å². The summed E-state index contributed by atoms with van der Waals surface area (Å²) >= 11 is 0. The van der Waals surface area contributed by atoms with Crippen LogP contribution in [-0.4, -0.2) is 34.3 Å². The second kappa shape index (κ2) is 4.65. The maximum absolute atomic E-state index is 9.94. The predicted molar refractivity (Wildman–Crippen MR) is 63.1 cm³/mol. The molecule has 2 unspecified atom stereocenters. The highest BCUT2D eigenvalue weighted by atomic mass is 16.3. The van der Waals surface area contributed by atoms with Crippen LogP contribution in [0.4, 0.5) is 11.8 Å². The van der Waals surface area contributed by atoms with Gasteiger partial charge in [0.05, 0.1) is 12.1 Å². The van der Waals surface area contributed by atoms with Crippen LogP contribution >= 0.6 is 0 Å². The maximum Gasteiger partial charge on any atom is 0.227 e. The molecule has 5 heteroatoms. The molecule has 1 heterocycles. The van der Waals surface area contributed by atoms with Gasteiger partial charge in [0.15, 0.2) is 0 Å². The van der Waals surface area contributed by atoms with E-state index in [1.165, 1.54) is 0 Å². The molecule has 2 atom stereocenters. The summed E-state index contributed by atoms with van der Waals surface area (Å²) in [5.74, 6) is 1.05. The SMILES string of the molecule is CN(c1nccc(N)n1)C1CCCCC1O. The van der Waals surface area contributed by atoms with Gasteiger partial charge >= 0.3 is 0 Å².